The van der Waals surface area contributed by atoms with Gasteiger partial charge in [-0.2, -0.15) is 0 Å². The number of oxime groups is 1. The van der Waals surface area contributed by atoms with E-state index in [4.69, 9.17) is 25.9 Å². The van der Waals surface area contributed by atoms with Crippen LogP contribution in [0.25, 0.3) is 10.9 Å². The average molecular weight is 491 g/mol. The number of ether oxygens (including phenoxy) is 2. The molecule has 8 heteroatoms. The molecule has 0 saturated heterocycles. The molecule has 0 aliphatic heterocycles. The minimum Gasteiger partial charge on any atom is -0.493 e. The maximum atomic E-state index is 5.87. The molecule has 3 aromatic carbocycles. The van der Waals surface area contributed by atoms with Gasteiger partial charge in [0, 0.05) is 23.0 Å². The highest BCUT2D eigenvalue weighted by Gasteiger charge is 2.12. The number of hydrogen-bond acceptors (Lipinski definition) is 7. The Morgan fingerprint density at radius 1 is 1.00 bits per heavy atom. The van der Waals surface area contributed by atoms with Crippen LogP contribution >= 0.6 is 11.6 Å². The van der Waals surface area contributed by atoms with Crippen LogP contribution in [0, 0.1) is 0 Å². The van der Waals surface area contributed by atoms with Gasteiger partial charge in [-0.25, -0.2) is 9.97 Å². The predicted octanol–water partition coefficient (Wildman–Crippen LogP) is 6.33. The summed E-state index contributed by atoms with van der Waals surface area (Å²) in [5.74, 6) is 2.45. The highest BCUT2D eigenvalue weighted by Crippen LogP contribution is 2.34. The Morgan fingerprint density at radius 2 is 1.80 bits per heavy atom. The molecule has 0 aliphatic carbocycles. The Bertz CT molecular complexity index is 1280. The van der Waals surface area contributed by atoms with Crippen LogP contribution in [0.4, 0.5) is 11.5 Å². The number of benzene rings is 3. The van der Waals surface area contributed by atoms with Gasteiger partial charge in [0.15, 0.2) is 11.5 Å². The van der Waals surface area contributed by atoms with Crippen molar-refractivity contribution in [2.45, 2.75) is 20.0 Å². The third kappa shape index (κ3) is 6.39. The highest BCUT2D eigenvalue weighted by molar-refractivity contribution is 6.17. The van der Waals surface area contributed by atoms with Crippen molar-refractivity contribution in [3.63, 3.8) is 0 Å². The lowest BCUT2D eigenvalue weighted by Gasteiger charge is -2.14. The van der Waals surface area contributed by atoms with Gasteiger partial charge in [0.1, 0.15) is 18.8 Å². The second kappa shape index (κ2) is 12.0. The van der Waals surface area contributed by atoms with Crippen LogP contribution in [-0.4, -0.2) is 35.3 Å². The molecule has 0 spiro atoms. The first-order valence-electron chi connectivity index (χ1n) is 11.3. The van der Waals surface area contributed by atoms with Gasteiger partial charge in [-0.15, -0.1) is 11.6 Å². The monoisotopic (exact) mass is 490 g/mol. The first-order chi connectivity index (χ1) is 17.2. The molecule has 0 atom stereocenters. The lowest BCUT2D eigenvalue weighted by atomic mass is 10.1. The molecule has 0 aliphatic rings. The van der Waals surface area contributed by atoms with Crippen LogP contribution in [0.5, 0.6) is 11.5 Å². The van der Waals surface area contributed by atoms with Crippen molar-refractivity contribution in [3.05, 3.63) is 84.2 Å². The van der Waals surface area contributed by atoms with Gasteiger partial charge >= 0.3 is 0 Å². The minimum atomic E-state index is 0.432. The van der Waals surface area contributed by atoms with Gasteiger partial charge in [-0.05, 0) is 42.7 Å². The van der Waals surface area contributed by atoms with Crippen molar-refractivity contribution in [3.8, 4) is 11.5 Å². The number of aromatic nitrogens is 2. The van der Waals surface area contributed by atoms with E-state index in [1.807, 2.05) is 73.7 Å². The van der Waals surface area contributed by atoms with E-state index in [9.17, 15) is 0 Å². The van der Waals surface area contributed by atoms with Crippen molar-refractivity contribution >= 4 is 39.7 Å². The molecule has 1 heterocycles. The summed E-state index contributed by atoms with van der Waals surface area (Å²) < 4.78 is 11.3. The molecule has 0 amide bonds. The maximum absolute atomic E-state index is 5.87. The molecule has 0 bridgehead atoms. The maximum Gasteiger partial charge on any atom is 0.162 e. The third-order valence-corrected chi connectivity index (χ3v) is 5.56. The quantitative estimate of drug-likeness (QED) is 0.114. The van der Waals surface area contributed by atoms with Gasteiger partial charge in [0.05, 0.1) is 24.9 Å². The van der Waals surface area contributed by atoms with E-state index in [2.05, 4.69) is 20.4 Å². The zero-order valence-corrected chi connectivity index (χ0v) is 20.5. The van der Waals surface area contributed by atoms with Crippen molar-refractivity contribution in [2.75, 3.05) is 24.9 Å². The van der Waals surface area contributed by atoms with Crippen molar-refractivity contribution in [1.29, 1.82) is 0 Å². The summed E-state index contributed by atoms with van der Waals surface area (Å²) >= 11 is 5.78. The van der Waals surface area contributed by atoms with Crippen molar-refractivity contribution < 1.29 is 14.3 Å². The van der Waals surface area contributed by atoms with Crippen LogP contribution < -0.4 is 14.8 Å². The molecular formula is C27H27ClN4O3. The normalized spacial score (nSPS) is 11.3. The van der Waals surface area contributed by atoms with Crippen LogP contribution in [0.15, 0.2) is 78.2 Å². The van der Waals surface area contributed by atoms with Crippen LogP contribution in [-0.2, 0) is 11.4 Å². The summed E-state index contributed by atoms with van der Waals surface area (Å²) in [6.07, 6.45) is 2.26. The second-order valence-corrected chi connectivity index (χ2v) is 8.15. The number of alkyl halides is 1. The van der Waals surface area contributed by atoms with E-state index in [0.29, 0.717) is 36.4 Å². The van der Waals surface area contributed by atoms with Crippen LogP contribution in [0.1, 0.15) is 24.5 Å². The van der Waals surface area contributed by atoms with Gasteiger partial charge in [0.2, 0.25) is 0 Å². The fourth-order valence-electron chi connectivity index (χ4n) is 3.43. The Balaban J connectivity index is 1.48. The molecule has 0 saturated carbocycles. The Hall–Kier alpha value is -3.84. The third-order valence-electron chi connectivity index (χ3n) is 5.30. The molecule has 7 nitrogen and oxygen atoms in total. The highest BCUT2D eigenvalue weighted by atomic mass is 35.5. The summed E-state index contributed by atoms with van der Waals surface area (Å²) in [5, 5.41) is 8.44. The molecule has 1 aromatic heterocycles. The molecule has 0 radical (unpaired) electrons. The largest absolute Gasteiger partial charge is 0.493 e. The Kier molecular flexibility index (Phi) is 8.35. The van der Waals surface area contributed by atoms with Gasteiger partial charge < -0.3 is 19.6 Å². The molecule has 35 heavy (non-hydrogen) atoms. The van der Waals surface area contributed by atoms with E-state index in [-0.39, 0.29) is 0 Å². The van der Waals surface area contributed by atoms with Crippen molar-refractivity contribution in [1.82, 2.24) is 9.97 Å². The number of hydrogen-bond donors (Lipinski definition) is 1. The topological polar surface area (TPSA) is 77.9 Å². The molecule has 4 rings (SSSR count). The lowest BCUT2D eigenvalue weighted by molar-refractivity contribution is 0.130. The number of nitrogens with one attached hydrogen (secondary N) is 1. The zero-order valence-electron chi connectivity index (χ0n) is 19.7. The van der Waals surface area contributed by atoms with E-state index in [1.165, 1.54) is 6.33 Å². The lowest BCUT2D eigenvalue weighted by Crippen LogP contribution is -2.02. The first-order valence-corrected chi connectivity index (χ1v) is 11.8. The molecule has 1 N–H and O–H groups in total. The number of fused-ring (bicyclic) bond motifs is 1. The van der Waals surface area contributed by atoms with E-state index < -0.39 is 0 Å². The number of methoxy groups -OCH3 is 1. The molecular weight excluding hydrogens is 464 g/mol. The zero-order chi connectivity index (χ0) is 24.5. The number of rotatable bonds is 11. The van der Waals surface area contributed by atoms with E-state index in [1.54, 1.807) is 7.11 Å². The van der Waals surface area contributed by atoms with Crippen LogP contribution in [0.2, 0.25) is 0 Å². The number of nitrogens with zero attached hydrogens (tertiary/aromatic N) is 3. The van der Waals surface area contributed by atoms with Crippen molar-refractivity contribution in [2.24, 2.45) is 5.16 Å². The van der Waals surface area contributed by atoms with E-state index in [0.717, 1.165) is 39.8 Å². The molecule has 0 unspecified atom stereocenters. The standard InChI is InChI=1S/C27H27ClN4O3/c1-19(32-35-17-20-7-4-3-5-8-20)21-9-11-22(12-10-21)31-27-23-15-26(34-14-6-13-28)25(33-2)16-24(23)29-18-30-27/h3-5,7-12,15-16,18H,6,13-14,17H2,1-2H3,(H,29,30,31)/b32-19+. The first kappa shape index (κ1) is 24.3. The molecule has 4 aromatic rings. The number of anilines is 2. The fraction of sp³-hybridized carbons (Fsp3) is 0.222. The van der Waals surface area contributed by atoms with Gasteiger partial charge in [-0.3, -0.25) is 0 Å². The summed E-state index contributed by atoms with van der Waals surface area (Å²) in [6, 6.07) is 21.6. The Morgan fingerprint density at radius 3 is 2.54 bits per heavy atom. The summed E-state index contributed by atoms with van der Waals surface area (Å²) in [7, 11) is 1.61. The predicted molar refractivity (Wildman–Crippen MR) is 140 cm³/mol. The average Bonchev–Trinajstić information content (AvgIpc) is 2.89. The number of halogens is 1. The summed E-state index contributed by atoms with van der Waals surface area (Å²) in [4.78, 5) is 14.3. The van der Waals surface area contributed by atoms with Gasteiger partial charge in [0.25, 0.3) is 0 Å². The summed E-state index contributed by atoms with van der Waals surface area (Å²) in [5.41, 5.74) is 4.47. The molecule has 180 valence electrons. The smallest absolute Gasteiger partial charge is 0.162 e. The molecule has 0 fully saturated rings. The minimum absolute atomic E-state index is 0.432. The summed E-state index contributed by atoms with van der Waals surface area (Å²) in [6.45, 7) is 2.85. The van der Waals surface area contributed by atoms with Gasteiger partial charge in [-0.1, -0.05) is 47.6 Å². The second-order valence-electron chi connectivity index (χ2n) is 7.77. The fourth-order valence-corrected chi connectivity index (χ4v) is 3.54. The van der Waals surface area contributed by atoms with Crippen LogP contribution in [0.3, 0.4) is 0 Å². The van der Waals surface area contributed by atoms with E-state index >= 15 is 0 Å². The Labute approximate surface area is 209 Å². The SMILES string of the molecule is COc1cc2ncnc(Nc3ccc(/C(C)=N/OCc4ccccc4)cc3)c2cc1OCCCCl.